The fraction of sp³-hybridized carbons (Fsp3) is 0.500. The first-order chi connectivity index (χ1) is 10.3. The molecule has 1 aliphatic rings. The molecule has 0 spiro atoms. The summed E-state index contributed by atoms with van der Waals surface area (Å²) in [7, 11) is -2.54. The lowest BCUT2D eigenvalue weighted by Gasteiger charge is -2.18. The third-order valence-corrected chi connectivity index (χ3v) is 5.24. The molecule has 2 unspecified atom stereocenters. The summed E-state index contributed by atoms with van der Waals surface area (Å²) in [6.07, 6.45) is 0. The number of hydrogen-bond acceptors (Lipinski definition) is 6. The van der Waals surface area contributed by atoms with Crippen LogP contribution in [0.1, 0.15) is 25.3 Å². The van der Waals surface area contributed by atoms with Gasteiger partial charge in [-0.3, -0.25) is 14.9 Å². The molecule has 2 atom stereocenters. The van der Waals surface area contributed by atoms with Gasteiger partial charge in [-0.2, -0.15) is 0 Å². The summed E-state index contributed by atoms with van der Waals surface area (Å²) in [5.74, 6) is -0.990. The van der Waals surface area contributed by atoms with E-state index in [0.29, 0.717) is 11.6 Å². The fourth-order valence-electron chi connectivity index (χ4n) is 2.29. The van der Waals surface area contributed by atoms with Crippen LogP contribution < -0.4 is 15.6 Å². The molecule has 1 aromatic rings. The quantitative estimate of drug-likeness (QED) is 0.692. The molecule has 0 aromatic heterocycles. The minimum Gasteiger partial charge on any atom is -0.469 e. The van der Waals surface area contributed by atoms with Crippen LogP contribution in [0.5, 0.6) is 0 Å². The average Bonchev–Trinajstić information content (AvgIpc) is 2.97. The lowest BCUT2D eigenvalue weighted by atomic mass is 10.0. The Balaban J connectivity index is 2.15. The van der Waals surface area contributed by atoms with E-state index in [-0.39, 0.29) is 6.54 Å². The summed E-state index contributed by atoms with van der Waals surface area (Å²) in [5.41, 5.74) is 6.88. The van der Waals surface area contributed by atoms with Gasteiger partial charge in [0.15, 0.2) is 5.37 Å². The molecule has 2 rings (SSSR count). The lowest BCUT2D eigenvalue weighted by Crippen LogP contribution is -2.44. The van der Waals surface area contributed by atoms with Crippen LogP contribution in [0.4, 0.5) is 5.69 Å². The van der Waals surface area contributed by atoms with Crippen molar-refractivity contribution in [1.82, 2.24) is 10.9 Å². The number of hydrogen-bond donors (Lipinski definition) is 3. The highest BCUT2D eigenvalue weighted by Crippen LogP contribution is 2.21. The van der Waals surface area contributed by atoms with Crippen LogP contribution >= 0.6 is 0 Å². The molecule has 0 saturated carbocycles. The van der Waals surface area contributed by atoms with Crippen LogP contribution in [0.15, 0.2) is 24.3 Å². The van der Waals surface area contributed by atoms with Crippen LogP contribution in [-0.2, 0) is 19.6 Å². The Labute approximate surface area is 130 Å². The van der Waals surface area contributed by atoms with Crippen molar-refractivity contribution in [3.05, 3.63) is 29.8 Å². The van der Waals surface area contributed by atoms with Gasteiger partial charge in [0.05, 0.1) is 7.11 Å². The fourth-order valence-corrected chi connectivity index (χ4v) is 3.76. The summed E-state index contributed by atoms with van der Waals surface area (Å²) < 4.78 is 32.0. The summed E-state index contributed by atoms with van der Waals surface area (Å²) in [6.45, 7) is 4.33. The molecular formula is C14H21N3O4S. The van der Waals surface area contributed by atoms with Crippen LogP contribution in [0, 0.1) is 5.92 Å². The molecule has 0 bridgehead atoms. The monoisotopic (exact) mass is 327 g/mol. The van der Waals surface area contributed by atoms with Gasteiger partial charge < -0.3 is 4.74 Å². The van der Waals surface area contributed by atoms with Crippen molar-refractivity contribution in [2.75, 3.05) is 18.4 Å². The number of carbonyl (C=O) groups is 1. The van der Waals surface area contributed by atoms with Gasteiger partial charge >= 0.3 is 5.97 Å². The number of hydrazine groups is 1. The first-order valence-corrected chi connectivity index (χ1v) is 8.57. The van der Waals surface area contributed by atoms with Gasteiger partial charge in [-0.25, -0.2) is 13.8 Å². The molecule has 1 aromatic carbocycles. The van der Waals surface area contributed by atoms with E-state index < -0.39 is 27.3 Å². The van der Waals surface area contributed by atoms with E-state index in [1.165, 1.54) is 7.11 Å². The zero-order valence-corrected chi connectivity index (χ0v) is 13.6. The maximum Gasteiger partial charge on any atom is 0.312 e. The summed E-state index contributed by atoms with van der Waals surface area (Å²) >= 11 is 0. The third kappa shape index (κ3) is 3.57. The van der Waals surface area contributed by atoms with Crippen molar-refractivity contribution in [1.29, 1.82) is 0 Å². The highest BCUT2D eigenvalue weighted by molar-refractivity contribution is 7.93. The van der Waals surface area contributed by atoms with Crippen LogP contribution in [0.25, 0.3) is 0 Å². The zero-order chi connectivity index (χ0) is 16.3. The van der Waals surface area contributed by atoms with Crippen molar-refractivity contribution in [3.63, 3.8) is 0 Å². The summed E-state index contributed by atoms with van der Waals surface area (Å²) in [5, 5.41) is -1.08. The van der Waals surface area contributed by atoms with Gasteiger partial charge in [-0.15, -0.1) is 0 Å². The molecule has 1 heterocycles. The minimum atomic E-state index is -3.77. The van der Waals surface area contributed by atoms with E-state index in [1.807, 2.05) is 12.1 Å². The van der Waals surface area contributed by atoms with Crippen molar-refractivity contribution < 1.29 is 17.9 Å². The van der Waals surface area contributed by atoms with Gasteiger partial charge in [0, 0.05) is 12.2 Å². The number of methoxy groups -OCH3 is 1. The second-order valence-corrected chi connectivity index (χ2v) is 7.30. The maximum atomic E-state index is 12.4. The lowest BCUT2D eigenvalue weighted by molar-refractivity contribution is -0.144. The second kappa shape index (κ2) is 6.64. The Bertz CT molecular complexity index is 628. The number of carbonyl (C=O) groups excluding carboxylic acids is 1. The van der Waals surface area contributed by atoms with Gasteiger partial charge in [-0.05, 0) is 23.6 Å². The van der Waals surface area contributed by atoms with Gasteiger partial charge in [-0.1, -0.05) is 26.0 Å². The van der Waals surface area contributed by atoms with Crippen molar-refractivity contribution in [2.24, 2.45) is 5.92 Å². The predicted molar refractivity (Wildman–Crippen MR) is 83.5 cm³/mol. The van der Waals surface area contributed by atoms with Crippen LogP contribution in [0.2, 0.25) is 0 Å². The van der Waals surface area contributed by atoms with E-state index in [4.69, 9.17) is 0 Å². The number of sulfonamides is 1. The van der Waals surface area contributed by atoms with E-state index >= 15 is 0 Å². The molecule has 0 amide bonds. The standard InChI is InChI=1S/C14H21N3O4S/c1-9(2)10-4-6-11(7-5-10)17-22(19,20)13-12(8-15-16-13)14(18)21-3/h4-7,9,12-13,15-17H,8H2,1-3H3. The Morgan fingerprint density at radius 1 is 1.32 bits per heavy atom. The van der Waals surface area contributed by atoms with Crippen molar-refractivity contribution in [3.8, 4) is 0 Å². The Hall–Kier alpha value is -1.64. The highest BCUT2D eigenvalue weighted by Gasteiger charge is 2.42. The van der Waals surface area contributed by atoms with E-state index in [9.17, 15) is 13.2 Å². The van der Waals surface area contributed by atoms with Crippen LogP contribution in [0.3, 0.4) is 0 Å². The molecule has 7 nitrogen and oxygen atoms in total. The van der Waals surface area contributed by atoms with E-state index in [1.54, 1.807) is 12.1 Å². The first-order valence-electron chi connectivity index (χ1n) is 7.03. The molecular weight excluding hydrogens is 306 g/mol. The smallest absolute Gasteiger partial charge is 0.312 e. The number of benzene rings is 1. The summed E-state index contributed by atoms with van der Waals surface area (Å²) in [6, 6.07) is 7.17. The molecule has 22 heavy (non-hydrogen) atoms. The Morgan fingerprint density at radius 3 is 2.50 bits per heavy atom. The zero-order valence-electron chi connectivity index (χ0n) is 12.8. The van der Waals surface area contributed by atoms with Gasteiger partial charge in [0.2, 0.25) is 0 Å². The average molecular weight is 327 g/mol. The minimum absolute atomic E-state index is 0.199. The molecule has 8 heteroatoms. The SMILES string of the molecule is COC(=O)C1CNNC1S(=O)(=O)Nc1ccc(C(C)C)cc1. The molecule has 3 N–H and O–H groups in total. The number of ether oxygens (including phenoxy) is 1. The Kier molecular flexibility index (Phi) is 5.05. The number of nitrogens with one attached hydrogen (secondary N) is 3. The molecule has 0 aliphatic carbocycles. The number of esters is 1. The molecule has 1 fully saturated rings. The van der Waals surface area contributed by atoms with E-state index in [2.05, 4.69) is 34.2 Å². The van der Waals surface area contributed by atoms with Crippen molar-refractivity contribution >= 4 is 21.7 Å². The molecule has 1 saturated heterocycles. The predicted octanol–water partition coefficient (Wildman–Crippen LogP) is 0.775. The second-order valence-electron chi connectivity index (χ2n) is 5.50. The normalized spacial score (nSPS) is 21.8. The number of anilines is 1. The molecule has 0 radical (unpaired) electrons. The third-order valence-electron chi connectivity index (χ3n) is 3.61. The van der Waals surface area contributed by atoms with Crippen molar-refractivity contribution in [2.45, 2.75) is 25.1 Å². The maximum absolute atomic E-state index is 12.4. The van der Waals surface area contributed by atoms with Gasteiger partial charge in [0.1, 0.15) is 5.92 Å². The van der Waals surface area contributed by atoms with Gasteiger partial charge in [0.25, 0.3) is 10.0 Å². The first kappa shape index (κ1) is 16.7. The molecule has 1 aliphatic heterocycles. The Morgan fingerprint density at radius 2 is 1.95 bits per heavy atom. The topological polar surface area (TPSA) is 96.5 Å². The highest BCUT2D eigenvalue weighted by atomic mass is 32.2. The number of rotatable bonds is 5. The van der Waals surface area contributed by atoms with Crippen LogP contribution in [-0.4, -0.2) is 33.4 Å². The molecule has 122 valence electrons. The summed E-state index contributed by atoms with van der Waals surface area (Å²) in [4.78, 5) is 11.6. The largest absolute Gasteiger partial charge is 0.469 e. The van der Waals surface area contributed by atoms with E-state index in [0.717, 1.165) is 5.56 Å².